The largest absolute Gasteiger partial charge is 0.266 e. The highest BCUT2D eigenvalue weighted by Crippen LogP contribution is 2.23. The predicted octanol–water partition coefficient (Wildman–Crippen LogP) is 3.96. The molecule has 1 rings (SSSR count). The van der Waals surface area contributed by atoms with Crippen molar-refractivity contribution in [3.63, 3.8) is 0 Å². The molecule has 0 spiro atoms. The Labute approximate surface area is 81.8 Å². The van der Waals surface area contributed by atoms with Gasteiger partial charge in [-0.2, -0.15) is 0 Å². The highest BCUT2D eigenvalue weighted by Gasteiger charge is 2.13. The molecule has 14 heavy (non-hydrogen) atoms. The van der Waals surface area contributed by atoms with Crippen molar-refractivity contribution < 1.29 is 13.2 Å². The number of halogens is 3. The van der Waals surface area contributed by atoms with E-state index in [-0.39, 0.29) is 0 Å². The van der Waals surface area contributed by atoms with Gasteiger partial charge in [0.15, 0.2) is 0 Å². The maximum Gasteiger partial charge on any atom is 0.266 e. The van der Waals surface area contributed by atoms with Gasteiger partial charge in [0.25, 0.3) is 6.43 Å². The van der Waals surface area contributed by atoms with Gasteiger partial charge in [-0.15, -0.1) is 0 Å². The fourth-order valence-corrected chi connectivity index (χ4v) is 1.35. The SMILES string of the molecule is CC(C)Cc1ccc(C(F)F)c(F)c1. The Morgan fingerprint density at radius 2 is 1.86 bits per heavy atom. The van der Waals surface area contributed by atoms with Crippen molar-refractivity contribution in [2.24, 2.45) is 5.92 Å². The van der Waals surface area contributed by atoms with E-state index >= 15 is 0 Å². The average molecular weight is 202 g/mol. The summed E-state index contributed by atoms with van der Waals surface area (Å²) in [5.41, 5.74) is 0.249. The molecule has 0 radical (unpaired) electrons. The minimum Gasteiger partial charge on any atom is -0.206 e. The van der Waals surface area contributed by atoms with Crippen LogP contribution >= 0.6 is 0 Å². The van der Waals surface area contributed by atoms with Crippen molar-refractivity contribution in [1.82, 2.24) is 0 Å². The number of rotatable bonds is 3. The van der Waals surface area contributed by atoms with Crippen LogP contribution in [0.5, 0.6) is 0 Å². The highest BCUT2D eigenvalue weighted by atomic mass is 19.3. The van der Waals surface area contributed by atoms with Crippen LogP contribution in [0.3, 0.4) is 0 Å². The number of benzene rings is 1. The van der Waals surface area contributed by atoms with Gasteiger partial charge in [-0.1, -0.05) is 26.0 Å². The molecule has 0 amide bonds. The van der Waals surface area contributed by atoms with Gasteiger partial charge < -0.3 is 0 Å². The van der Waals surface area contributed by atoms with E-state index in [1.54, 1.807) is 6.07 Å². The molecule has 3 heteroatoms. The third kappa shape index (κ3) is 2.76. The molecule has 0 aliphatic heterocycles. The summed E-state index contributed by atoms with van der Waals surface area (Å²) >= 11 is 0. The predicted molar refractivity (Wildman–Crippen MR) is 49.9 cm³/mol. The molecule has 1 aromatic carbocycles. The molecule has 1 aromatic rings. The van der Waals surface area contributed by atoms with Crippen LogP contribution in [0.2, 0.25) is 0 Å². The van der Waals surface area contributed by atoms with E-state index < -0.39 is 17.8 Å². The molecule has 0 saturated heterocycles. The van der Waals surface area contributed by atoms with Crippen LogP contribution in [0.4, 0.5) is 13.2 Å². The Morgan fingerprint density at radius 3 is 2.29 bits per heavy atom. The van der Waals surface area contributed by atoms with Gasteiger partial charge in [0.1, 0.15) is 5.82 Å². The Hall–Kier alpha value is -0.990. The van der Waals surface area contributed by atoms with Gasteiger partial charge in [-0.05, 0) is 24.0 Å². The zero-order valence-corrected chi connectivity index (χ0v) is 8.23. The maximum atomic E-state index is 13.1. The molecule has 0 aliphatic rings. The zero-order valence-electron chi connectivity index (χ0n) is 8.23. The summed E-state index contributed by atoms with van der Waals surface area (Å²) in [4.78, 5) is 0. The number of hydrogen-bond donors (Lipinski definition) is 0. The van der Waals surface area contributed by atoms with Crippen LogP contribution in [-0.4, -0.2) is 0 Å². The van der Waals surface area contributed by atoms with Crippen LogP contribution in [0.1, 0.15) is 31.4 Å². The van der Waals surface area contributed by atoms with Crippen molar-refractivity contribution in [3.05, 3.63) is 35.1 Å². The van der Waals surface area contributed by atoms with Crippen LogP contribution < -0.4 is 0 Å². The topological polar surface area (TPSA) is 0 Å². The van der Waals surface area contributed by atoms with E-state index in [2.05, 4.69) is 0 Å². The van der Waals surface area contributed by atoms with E-state index in [0.717, 1.165) is 11.6 Å². The quantitative estimate of drug-likeness (QED) is 0.695. The minimum atomic E-state index is -2.73. The summed E-state index contributed by atoms with van der Waals surface area (Å²) in [6, 6.07) is 3.92. The van der Waals surface area contributed by atoms with Gasteiger partial charge in [-0.3, -0.25) is 0 Å². The van der Waals surface area contributed by atoms with E-state index in [0.29, 0.717) is 12.3 Å². The number of alkyl halides is 2. The monoisotopic (exact) mass is 202 g/mol. The van der Waals surface area contributed by atoms with E-state index in [9.17, 15) is 13.2 Å². The summed E-state index contributed by atoms with van der Waals surface area (Å²) < 4.78 is 37.4. The number of hydrogen-bond acceptors (Lipinski definition) is 0. The van der Waals surface area contributed by atoms with Crippen molar-refractivity contribution in [2.45, 2.75) is 26.7 Å². The van der Waals surface area contributed by atoms with Crippen molar-refractivity contribution in [1.29, 1.82) is 0 Å². The Morgan fingerprint density at radius 1 is 1.21 bits per heavy atom. The second-order valence-electron chi connectivity index (χ2n) is 3.75. The average Bonchev–Trinajstić information content (AvgIpc) is 2.01. The third-order valence-electron chi connectivity index (χ3n) is 1.94. The molecule has 0 heterocycles. The lowest BCUT2D eigenvalue weighted by atomic mass is 10.0. The van der Waals surface area contributed by atoms with Crippen molar-refractivity contribution >= 4 is 0 Å². The third-order valence-corrected chi connectivity index (χ3v) is 1.94. The van der Waals surface area contributed by atoms with Gasteiger partial charge in [-0.25, -0.2) is 13.2 Å². The first kappa shape index (κ1) is 11.1. The summed E-state index contributed by atoms with van der Waals surface area (Å²) in [5, 5.41) is 0. The van der Waals surface area contributed by atoms with Crippen LogP contribution in [-0.2, 0) is 6.42 Å². The Kier molecular flexibility index (Phi) is 3.55. The van der Waals surface area contributed by atoms with Crippen LogP contribution in [0.25, 0.3) is 0 Å². The summed E-state index contributed by atoms with van der Waals surface area (Å²) in [7, 11) is 0. The summed E-state index contributed by atoms with van der Waals surface area (Å²) in [6.07, 6.45) is -2.02. The van der Waals surface area contributed by atoms with Gasteiger partial charge in [0.05, 0.1) is 5.56 Å². The lowest BCUT2D eigenvalue weighted by molar-refractivity contribution is 0.146. The van der Waals surface area contributed by atoms with Crippen LogP contribution in [0, 0.1) is 11.7 Å². The van der Waals surface area contributed by atoms with Gasteiger partial charge in [0.2, 0.25) is 0 Å². The maximum absolute atomic E-state index is 13.1. The molecule has 0 nitrogen and oxygen atoms in total. The lowest BCUT2D eigenvalue weighted by Crippen LogP contribution is -1.97. The molecular formula is C11H13F3. The summed E-state index contributed by atoms with van der Waals surface area (Å²) in [5.74, 6) is -0.412. The Bertz CT molecular complexity index is 305. The fraction of sp³-hybridized carbons (Fsp3) is 0.455. The van der Waals surface area contributed by atoms with Crippen LogP contribution in [0.15, 0.2) is 18.2 Å². The summed E-state index contributed by atoms with van der Waals surface area (Å²) in [6.45, 7) is 4.00. The normalized spacial score (nSPS) is 11.4. The molecule has 0 aliphatic carbocycles. The first-order chi connectivity index (χ1) is 6.50. The fourth-order valence-electron chi connectivity index (χ4n) is 1.35. The first-order valence-electron chi connectivity index (χ1n) is 4.57. The molecule has 0 fully saturated rings. The zero-order chi connectivity index (χ0) is 10.7. The van der Waals surface area contributed by atoms with Crippen molar-refractivity contribution in [3.8, 4) is 0 Å². The smallest absolute Gasteiger partial charge is 0.206 e. The molecule has 0 aromatic heterocycles. The van der Waals surface area contributed by atoms with Gasteiger partial charge in [0, 0.05) is 0 Å². The van der Waals surface area contributed by atoms with Crippen molar-refractivity contribution in [2.75, 3.05) is 0 Å². The second-order valence-corrected chi connectivity index (χ2v) is 3.75. The lowest BCUT2D eigenvalue weighted by Gasteiger charge is -2.07. The van der Waals surface area contributed by atoms with E-state index in [1.807, 2.05) is 13.8 Å². The van der Waals surface area contributed by atoms with E-state index in [4.69, 9.17) is 0 Å². The minimum absolute atomic E-state index is 0.395. The Balaban J connectivity index is 2.89. The second kappa shape index (κ2) is 4.49. The molecule has 0 saturated carbocycles. The molecular weight excluding hydrogens is 189 g/mol. The molecule has 0 unspecified atom stereocenters. The molecule has 0 atom stereocenters. The first-order valence-corrected chi connectivity index (χ1v) is 4.57. The molecule has 0 bridgehead atoms. The standard InChI is InChI=1S/C11H13F3/c1-7(2)5-8-3-4-9(11(13)14)10(12)6-8/h3-4,6-7,11H,5H2,1-2H3. The molecule has 78 valence electrons. The van der Waals surface area contributed by atoms with E-state index in [1.165, 1.54) is 6.07 Å². The molecule has 0 N–H and O–H groups in total. The highest BCUT2D eigenvalue weighted by molar-refractivity contribution is 5.25. The van der Waals surface area contributed by atoms with Gasteiger partial charge >= 0.3 is 0 Å².